The van der Waals surface area contributed by atoms with E-state index in [1.54, 1.807) is 24.3 Å². The average Bonchev–Trinajstić information content (AvgIpc) is 2.62. The highest BCUT2D eigenvalue weighted by molar-refractivity contribution is 7.79. The average molecular weight is 330 g/mol. The summed E-state index contributed by atoms with van der Waals surface area (Å²) in [4.78, 5) is 0. The maximum absolute atomic E-state index is 14.1. The Hall–Kier alpha value is -1.67. The first-order chi connectivity index (χ1) is 11.1. The number of benzene rings is 2. The van der Waals surface area contributed by atoms with Gasteiger partial charge in [-0.2, -0.15) is 0 Å². The minimum absolute atomic E-state index is 0.402. The quantitative estimate of drug-likeness (QED) is 0.606. The highest BCUT2D eigenvalue weighted by Crippen LogP contribution is 2.51. The van der Waals surface area contributed by atoms with Gasteiger partial charge in [0.2, 0.25) is 0 Å². The van der Waals surface area contributed by atoms with E-state index in [0.29, 0.717) is 17.0 Å². The molecule has 23 heavy (non-hydrogen) atoms. The van der Waals surface area contributed by atoms with Gasteiger partial charge in [0.15, 0.2) is 7.14 Å². The molecule has 2 rings (SSSR count). The Morgan fingerprint density at radius 3 is 1.78 bits per heavy atom. The van der Waals surface area contributed by atoms with Gasteiger partial charge in [0, 0.05) is 10.6 Å². The van der Waals surface area contributed by atoms with Crippen molar-refractivity contribution < 1.29 is 14.8 Å². The predicted molar refractivity (Wildman–Crippen MR) is 96.0 cm³/mol. The largest absolute Gasteiger partial charge is 0.392 e. The number of hydrogen-bond donors (Lipinski definition) is 2. The van der Waals surface area contributed by atoms with E-state index in [-0.39, 0.29) is 0 Å². The fourth-order valence-corrected chi connectivity index (χ4v) is 6.32. The van der Waals surface area contributed by atoms with E-state index in [4.69, 9.17) is 0 Å². The zero-order valence-electron chi connectivity index (χ0n) is 13.2. The predicted octanol–water partition coefficient (Wildman–Crippen LogP) is 2.69. The van der Waals surface area contributed by atoms with E-state index in [0.717, 1.165) is 0 Å². The van der Waals surface area contributed by atoms with Crippen LogP contribution in [0.4, 0.5) is 0 Å². The molecule has 4 heteroatoms. The van der Waals surface area contributed by atoms with E-state index < -0.39 is 25.0 Å². The lowest BCUT2D eigenvalue weighted by Crippen LogP contribution is -2.41. The van der Waals surface area contributed by atoms with Crippen LogP contribution in [0.3, 0.4) is 0 Å². The van der Waals surface area contributed by atoms with Gasteiger partial charge in [-0.15, -0.1) is 6.58 Å². The molecule has 3 nitrogen and oxygen atoms in total. The lowest BCUT2D eigenvalue weighted by atomic mass is 10.1. The summed E-state index contributed by atoms with van der Waals surface area (Å²) in [6.07, 6.45) is -0.202. The molecule has 0 aliphatic rings. The Labute approximate surface area is 137 Å². The second-order valence-corrected chi connectivity index (χ2v) is 8.47. The number of hydrogen-bond acceptors (Lipinski definition) is 3. The molecule has 2 aromatic rings. The lowest BCUT2D eigenvalue weighted by Gasteiger charge is -2.34. The summed E-state index contributed by atoms with van der Waals surface area (Å²) in [5, 5.41) is 22.2. The SMILES string of the molecule is C=C[C@@H](O)[C@H]([C@H](O)CC)P(=O)(c1ccccc1)c1ccccc1. The molecule has 0 aromatic heterocycles. The number of aliphatic hydroxyl groups excluding tert-OH is 2. The van der Waals surface area contributed by atoms with Crippen LogP contribution in [-0.4, -0.2) is 28.1 Å². The van der Waals surface area contributed by atoms with Crippen molar-refractivity contribution in [2.24, 2.45) is 0 Å². The molecule has 0 radical (unpaired) electrons. The maximum atomic E-state index is 14.1. The normalized spacial score (nSPS) is 15.6. The van der Waals surface area contributed by atoms with Crippen LogP contribution in [0.1, 0.15) is 13.3 Å². The van der Waals surface area contributed by atoms with Gasteiger partial charge in [0.1, 0.15) is 0 Å². The van der Waals surface area contributed by atoms with Crippen molar-refractivity contribution in [1.29, 1.82) is 0 Å². The first-order valence-electron chi connectivity index (χ1n) is 7.75. The van der Waals surface area contributed by atoms with Crippen LogP contribution in [0.2, 0.25) is 0 Å². The van der Waals surface area contributed by atoms with E-state index in [9.17, 15) is 14.8 Å². The van der Waals surface area contributed by atoms with Crippen molar-refractivity contribution in [3.05, 3.63) is 73.3 Å². The minimum Gasteiger partial charge on any atom is -0.392 e. The van der Waals surface area contributed by atoms with E-state index in [1.807, 2.05) is 43.3 Å². The molecular weight excluding hydrogens is 307 g/mol. The third-order valence-corrected chi connectivity index (χ3v) is 7.72. The Morgan fingerprint density at radius 1 is 1.00 bits per heavy atom. The van der Waals surface area contributed by atoms with Crippen LogP contribution in [0.15, 0.2) is 73.3 Å². The second-order valence-electron chi connectivity index (χ2n) is 5.52. The van der Waals surface area contributed by atoms with E-state index >= 15 is 0 Å². The first-order valence-corrected chi connectivity index (χ1v) is 9.53. The molecule has 0 amide bonds. The summed E-state index contributed by atoms with van der Waals surface area (Å²) in [5.41, 5.74) is -0.824. The second kappa shape index (κ2) is 7.74. The van der Waals surface area contributed by atoms with Crippen molar-refractivity contribution in [2.75, 3.05) is 0 Å². The smallest absolute Gasteiger partial charge is 0.151 e. The van der Waals surface area contributed by atoms with Gasteiger partial charge < -0.3 is 14.8 Å². The summed E-state index contributed by atoms with van der Waals surface area (Å²) < 4.78 is 14.1. The fourth-order valence-electron chi connectivity index (χ4n) is 2.86. The molecule has 0 spiro atoms. The molecule has 3 atom stereocenters. The van der Waals surface area contributed by atoms with Crippen LogP contribution in [0.5, 0.6) is 0 Å². The van der Waals surface area contributed by atoms with E-state index in [2.05, 4.69) is 6.58 Å². The standard InChI is InChI=1S/C19H23O3P/c1-3-17(20)19(18(21)4-2)23(22,15-11-7-5-8-12-15)16-13-9-6-10-14-16/h3,5-14,17-21H,1,4H2,2H3/t17-,18-,19-/m1/s1. The molecular formula is C19H23O3P. The number of aliphatic hydroxyl groups is 2. The van der Waals surface area contributed by atoms with Crippen LogP contribution in [-0.2, 0) is 4.57 Å². The summed E-state index contributed by atoms with van der Waals surface area (Å²) in [7, 11) is -3.25. The fraction of sp³-hybridized carbons (Fsp3) is 0.263. The van der Waals surface area contributed by atoms with Gasteiger partial charge in [0.25, 0.3) is 0 Å². The zero-order valence-corrected chi connectivity index (χ0v) is 14.1. The molecule has 0 saturated heterocycles. The van der Waals surface area contributed by atoms with Crippen LogP contribution < -0.4 is 10.6 Å². The van der Waals surface area contributed by atoms with Crippen LogP contribution >= 0.6 is 7.14 Å². The molecule has 0 aliphatic heterocycles. The molecule has 2 aromatic carbocycles. The summed E-state index contributed by atoms with van der Waals surface area (Å²) in [5.74, 6) is 0. The summed E-state index contributed by atoms with van der Waals surface area (Å²) in [6, 6.07) is 18.2. The Balaban J connectivity index is 2.71. The van der Waals surface area contributed by atoms with Crippen molar-refractivity contribution in [2.45, 2.75) is 31.2 Å². The Bertz CT molecular complexity index is 626. The van der Waals surface area contributed by atoms with E-state index in [1.165, 1.54) is 6.08 Å². The summed E-state index contributed by atoms with van der Waals surface area (Å²) >= 11 is 0. The minimum atomic E-state index is -3.25. The van der Waals surface area contributed by atoms with Gasteiger partial charge in [-0.3, -0.25) is 0 Å². The molecule has 0 aliphatic carbocycles. The van der Waals surface area contributed by atoms with Gasteiger partial charge in [0.05, 0.1) is 17.9 Å². The van der Waals surface area contributed by atoms with Crippen molar-refractivity contribution in [1.82, 2.24) is 0 Å². The molecule has 0 fully saturated rings. The van der Waals surface area contributed by atoms with Gasteiger partial charge in [-0.05, 0) is 6.42 Å². The Morgan fingerprint density at radius 2 is 1.43 bits per heavy atom. The van der Waals surface area contributed by atoms with Crippen LogP contribution in [0.25, 0.3) is 0 Å². The molecule has 0 bridgehead atoms. The molecule has 0 unspecified atom stereocenters. The first kappa shape index (κ1) is 17.7. The third-order valence-electron chi connectivity index (χ3n) is 4.10. The topological polar surface area (TPSA) is 57.5 Å². The van der Waals surface area contributed by atoms with Gasteiger partial charge in [-0.1, -0.05) is 73.7 Å². The highest BCUT2D eigenvalue weighted by atomic mass is 31.2. The Kier molecular flexibility index (Phi) is 5.95. The van der Waals surface area contributed by atoms with Crippen LogP contribution in [0, 0.1) is 0 Å². The zero-order chi connectivity index (χ0) is 16.9. The van der Waals surface area contributed by atoms with Crippen molar-refractivity contribution >= 4 is 17.8 Å². The third kappa shape index (κ3) is 3.48. The van der Waals surface area contributed by atoms with Gasteiger partial charge >= 0.3 is 0 Å². The van der Waals surface area contributed by atoms with Crippen molar-refractivity contribution in [3.63, 3.8) is 0 Å². The van der Waals surface area contributed by atoms with Crippen molar-refractivity contribution in [3.8, 4) is 0 Å². The molecule has 122 valence electrons. The highest BCUT2D eigenvalue weighted by Gasteiger charge is 2.43. The summed E-state index contributed by atoms with van der Waals surface area (Å²) in [6.45, 7) is 5.43. The lowest BCUT2D eigenvalue weighted by molar-refractivity contribution is 0.106. The molecule has 0 saturated carbocycles. The molecule has 0 heterocycles. The van der Waals surface area contributed by atoms with Gasteiger partial charge in [-0.25, -0.2) is 0 Å². The maximum Gasteiger partial charge on any atom is 0.151 e. The monoisotopic (exact) mass is 330 g/mol. The molecule has 2 N–H and O–H groups in total. The number of rotatable bonds is 7.